The van der Waals surface area contributed by atoms with E-state index in [2.05, 4.69) is 36.0 Å². The van der Waals surface area contributed by atoms with E-state index < -0.39 is 0 Å². The summed E-state index contributed by atoms with van der Waals surface area (Å²) in [4.78, 5) is 17.3. The second-order valence-corrected chi connectivity index (χ2v) is 6.87. The van der Waals surface area contributed by atoms with E-state index in [-0.39, 0.29) is 11.1 Å². The molecule has 106 valence electrons. The number of nitrogens with one attached hydrogen (secondary N) is 1. The van der Waals surface area contributed by atoms with Gasteiger partial charge in [0.25, 0.3) is 0 Å². The Bertz CT molecular complexity index is 645. The number of pyridine rings is 1. The number of hydrogen-bond donors (Lipinski definition) is 1. The van der Waals surface area contributed by atoms with Crippen LogP contribution in [0.5, 0.6) is 0 Å². The van der Waals surface area contributed by atoms with Crippen LogP contribution in [0.3, 0.4) is 0 Å². The third-order valence-electron chi connectivity index (χ3n) is 5.77. The lowest BCUT2D eigenvalue weighted by atomic mass is 9.56. The van der Waals surface area contributed by atoms with Crippen molar-refractivity contribution in [1.29, 1.82) is 0 Å². The normalized spacial score (nSPS) is 36.0. The zero-order valence-electron chi connectivity index (χ0n) is 12.3. The highest BCUT2D eigenvalue weighted by Gasteiger charge is 2.54. The Morgan fingerprint density at radius 1 is 1.40 bits per heavy atom. The molecule has 2 bridgehead atoms. The van der Waals surface area contributed by atoms with E-state index in [0.717, 1.165) is 19.4 Å². The number of nitrogens with zero attached hydrogens (tertiary/aromatic N) is 1. The minimum atomic E-state index is 0.0378. The number of likely N-dealkylation sites (tertiary alicyclic amines) is 1. The average Bonchev–Trinajstić information content (AvgIpc) is 2.39. The first-order chi connectivity index (χ1) is 9.61. The zero-order chi connectivity index (χ0) is 13.9. The Morgan fingerprint density at radius 3 is 3.10 bits per heavy atom. The van der Waals surface area contributed by atoms with Crippen LogP contribution in [0.25, 0.3) is 0 Å². The van der Waals surface area contributed by atoms with Gasteiger partial charge >= 0.3 is 0 Å². The molecule has 2 heterocycles. The number of fused-ring (bicyclic) bond motifs is 1. The molecule has 1 aliphatic heterocycles. The Labute approximate surface area is 119 Å². The smallest absolute Gasteiger partial charge is 0.248 e. The Kier molecular flexibility index (Phi) is 2.53. The lowest BCUT2D eigenvalue weighted by molar-refractivity contribution is -0.0275. The molecule has 0 amide bonds. The van der Waals surface area contributed by atoms with Gasteiger partial charge in [-0.15, -0.1) is 0 Å². The van der Waals surface area contributed by atoms with E-state index in [1.54, 1.807) is 6.07 Å². The topological polar surface area (TPSA) is 36.1 Å². The van der Waals surface area contributed by atoms with Gasteiger partial charge in [0.15, 0.2) is 0 Å². The van der Waals surface area contributed by atoms with Crippen molar-refractivity contribution >= 4 is 0 Å². The van der Waals surface area contributed by atoms with Crippen LogP contribution < -0.4 is 5.56 Å². The summed E-state index contributed by atoms with van der Waals surface area (Å²) in [5, 5.41) is 0. The van der Waals surface area contributed by atoms with Crippen molar-refractivity contribution < 1.29 is 0 Å². The molecule has 3 nitrogen and oxygen atoms in total. The highest BCUT2D eigenvalue weighted by molar-refractivity contribution is 5.39. The Hall–Kier alpha value is -1.35. The molecule has 3 atom stereocenters. The molecule has 3 aliphatic rings. The standard InChI is InChI=1S/C17H22N2O/c1-11-8-12-9-15-14(5-6-16(20)18-15)17(10-11)13(12)4-3-7-19(17)2/h5-6,8,12-13H,3-4,7,9-10H2,1-2H3,(H,18,20)/t12-,13+,17+/m0/s1. The van der Waals surface area contributed by atoms with E-state index in [9.17, 15) is 4.79 Å². The molecule has 4 rings (SSSR count). The number of aromatic amines is 1. The Balaban J connectivity index is 1.98. The van der Waals surface area contributed by atoms with Crippen molar-refractivity contribution in [3.63, 3.8) is 0 Å². The molecule has 0 spiro atoms. The summed E-state index contributed by atoms with van der Waals surface area (Å²) in [6.45, 7) is 3.43. The maximum absolute atomic E-state index is 11.7. The average molecular weight is 270 g/mol. The van der Waals surface area contributed by atoms with Gasteiger partial charge in [-0.25, -0.2) is 0 Å². The number of H-pyrrole nitrogens is 1. The lowest BCUT2D eigenvalue weighted by Crippen LogP contribution is -2.59. The molecule has 1 N–H and O–H groups in total. The van der Waals surface area contributed by atoms with Crippen LogP contribution in [0.1, 0.15) is 37.4 Å². The van der Waals surface area contributed by atoms with E-state index in [1.165, 1.54) is 29.7 Å². The highest BCUT2D eigenvalue weighted by atomic mass is 16.1. The fourth-order valence-corrected chi connectivity index (χ4v) is 5.09. The molecular formula is C17H22N2O. The van der Waals surface area contributed by atoms with Gasteiger partial charge in [0.1, 0.15) is 0 Å². The molecule has 0 unspecified atom stereocenters. The first-order valence-corrected chi connectivity index (χ1v) is 7.72. The zero-order valence-corrected chi connectivity index (χ0v) is 12.3. The number of piperidine rings is 1. The SMILES string of the molecule is CC1=C[C@H]2Cc3[nH]c(=O)ccc3[C@@]3(C1)[C@@H]2CCCN3C. The van der Waals surface area contributed by atoms with E-state index in [1.807, 2.05) is 0 Å². The van der Waals surface area contributed by atoms with Crippen LogP contribution in [0.2, 0.25) is 0 Å². The summed E-state index contributed by atoms with van der Waals surface area (Å²) in [7, 11) is 2.27. The summed E-state index contributed by atoms with van der Waals surface area (Å²) in [6.07, 6.45) is 7.20. The summed E-state index contributed by atoms with van der Waals surface area (Å²) >= 11 is 0. The van der Waals surface area contributed by atoms with Crippen LogP contribution >= 0.6 is 0 Å². The van der Waals surface area contributed by atoms with Gasteiger partial charge < -0.3 is 4.98 Å². The van der Waals surface area contributed by atoms with Crippen molar-refractivity contribution in [2.24, 2.45) is 11.8 Å². The summed E-state index contributed by atoms with van der Waals surface area (Å²) in [5.41, 5.74) is 4.23. The second-order valence-electron chi connectivity index (χ2n) is 6.87. The predicted octanol–water partition coefficient (Wildman–Crippen LogP) is 2.43. The fourth-order valence-electron chi connectivity index (χ4n) is 5.09. The van der Waals surface area contributed by atoms with E-state index in [4.69, 9.17) is 0 Å². The maximum Gasteiger partial charge on any atom is 0.248 e. The van der Waals surface area contributed by atoms with Gasteiger partial charge in [-0.05, 0) is 69.7 Å². The van der Waals surface area contributed by atoms with Crippen LogP contribution in [-0.2, 0) is 12.0 Å². The molecule has 1 fully saturated rings. The van der Waals surface area contributed by atoms with Gasteiger partial charge in [0.05, 0.1) is 5.54 Å². The third-order valence-corrected chi connectivity index (χ3v) is 5.77. The van der Waals surface area contributed by atoms with Crippen LogP contribution in [-0.4, -0.2) is 23.5 Å². The summed E-state index contributed by atoms with van der Waals surface area (Å²) < 4.78 is 0. The molecule has 1 aromatic heterocycles. The number of allylic oxidation sites excluding steroid dienone is 1. The fraction of sp³-hybridized carbons (Fsp3) is 0.588. The van der Waals surface area contributed by atoms with Crippen molar-refractivity contribution in [1.82, 2.24) is 9.88 Å². The van der Waals surface area contributed by atoms with Crippen molar-refractivity contribution in [3.05, 3.63) is 45.4 Å². The van der Waals surface area contributed by atoms with E-state index in [0.29, 0.717) is 11.8 Å². The monoisotopic (exact) mass is 270 g/mol. The maximum atomic E-state index is 11.7. The van der Waals surface area contributed by atoms with Crippen LogP contribution in [0.4, 0.5) is 0 Å². The largest absolute Gasteiger partial charge is 0.326 e. The first-order valence-electron chi connectivity index (χ1n) is 7.72. The quantitative estimate of drug-likeness (QED) is 0.735. The number of aromatic nitrogens is 1. The molecule has 1 aromatic rings. The van der Waals surface area contributed by atoms with Crippen LogP contribution in [0.15, 0.2) is 28.6 Å². The molecule has 2 aliphatic carbocycles. The summed E-state index contributed by atoms with van der Waals surface area (Å²) in [5.74, 6) is 1.31. The van der Waals surface area contributed by atoms with Crippen molar-refractivity contribution in [3.8, 4) is 0 Å². The molecule has 0 aromatic carbocycles. The van der Waals surface area contributed by atoms with Crippen LogP contribution in [0, 0.1) is 11.8 Å². The van der Waals surface area contributed by atoms with Crippen molar-refractivity contribution in [2.75, 3.05) is 13.6 Å². The molecule has 0 radical (unpaired) electrons. The molecule has 1 saturated heterocycles. The third kappa shape index (κ3) is 1.47. The number of rotatable bonds is 0. The van der Waals surface area contributed by atoms with Gasteiger partial charge in [-0.2, -0.15) is 0 Å². The second kappa shape index (κ2) is 4.08. The van der Waals surface area contributed by atoms with Crippen molar-refractivity contribution in [2.45, 2.75) is 38.1 Å². The Morgan fingerprint density at radius 2 is 2.25 bits per heavy atom. The minimum Gasteiger partial charge on any atom is -0.326 e. The van der Waals surface area contributed by atoms with Gasteiger partial charge in [-0.1, -0.05) is 11.6 Å². The van der Waals surface area contributed by atoms with Gasteiger partial charge in [0.2, 0.25) is 5.56 Å². The molecular weight excluding hydrogens is 248 g/mol. The van der Waals surface area contributed by atoms with Gasteiger partial charge in [0, 0.05) is 11.8 Å². The minimum absolute atomic E-state index is 0.0378. The first kappa shape index (κ1) is 12.4. The number of hydrogen-bond acceptors (Lipinski definition) is 2. The lowest BCUT2D eigenvalue weighted by Gasteiger charge is -2.58. The molecule has 3 heteroatoms. The predicted molar refractivity (Wildman–Crippen MR) is 79.7 cm³/mol. The molecule has 0 saturated carbocycles. The van der Waals surface area contributed by atoms with E-state index >= 15 is 0 Å². The summed E-state index contributed by atoms with van der Waals surface area (Å²) in [6, 6.07) is 3.80. The molecule has 20 heavy (non-hydrogen) atoms. The van der Waals surface area contributed by atoms with Gasteiger partial charge in [-0.3, -0.25) is 9.69 Å². The highest BCUT2D eigenvalue weighted by Crippen LogP contribution is 2.55.